The van der Waals surface area contributed by atoms with Crippen LogP contribution in [-0.4, -0.2) is 19.1 Å². The van der Waals surface area contributed by atoms with E-state index in [1.54, 1.807) is 0 Å². The third-order valence-corrected chi connectivity index (χ3v) is 3.03. The molecule has 0 bridgehead atoms. The molecule has 0 radical (unpaired) electrons. The second-order valence-electron chi connectivity index (χ2n) is 4.68. The maximum absolute atomic E-state index is 3.47. The molecule has 16 heavy (non-hydrogen) atoms. The summed E-state index contributed by atoms with van der Waals surface area (Å²) in [6, 6.07) is 9.08. The first-order chi connectivity index (χ1) is 7.68. The predicted molar refractivity (Wildman–Crippen MR) is 71.2 cm³/mol. The first kappa shape index (κ1) is 11.1. The molecular weight excluding hydrogens is 196 g/mol. The number of anilines is 2. The number of nitrogens with one attached hydrogen (secondary N) is 1. The Kier molecular flexibility index (Phi) is 3.18. The molecule has 1 aromatic rings. The lowest BCUT2D eigenvalue weighted by molar-refractivity contribution is 0.673. The number of benzene rings is 1. The Bertz CT molecular complexity index is 391. The van der Waals surface area contributed by atoms with E-state index >= 15 is 0 Å². The Hall–Kier alpha value is -1.44. The molecule has 0 spiro atoms. The topological polar surface area (TPSA) is 15.3 Å². The summed E-state index contributed by atoms with van der Waals surface area (Å²) in [6.45, 7) is 8.59. The zero-order valence-corrected chi connectivity index (χ0v) is 10.3. The number of rotatable bonds is 2. The second kappa shape index (κ2) is 4.60. The van der Waals surface area contributed by atoms with Gasteiger partial charge in [-0.05, 0) is 32.9 Å². The highest BCUT2D eigenvalue weighted by Crippen LogP contribution is 2.30. The van der Waals surface area contributed by atoms with Crippen molar-refractivity contribution in [2.24, 2.45) is 0 Å². The van der Waals surface area contributed by atoms with Crippen LogP contribution in [-0.2, 0) is 0 Å². The molecule has 0 aliphatic carbocycles. The van der Waals surface area contributed by atoms with Gasteiger partial charge in [0.05, 0.1) is 11.4 Å². The van der Waals surface area contributed by atoms with Crippen molar-refractivity contribution in [3.8, 4) is 0 Å². The minimum Gasteiger partial charge on any atom is -0.381 e. The molecule has 1 aliphatic heterocycles. The number of allylic oxidation sites excluding steroid dienone is 1. The van der Waals surface area contributed by atoms with Gasteiger partial charge in [0.15, 0.2) is 0 Å². The van der Waals surface area contributed by atoms with Crippen molar-refractivity contribution in [2.75, 3.05) is 23.3 Å². The van der Waals surface area contributed by atoms with Crippen LogP contribution in [0, 0.1) is 0 Å². The fraction of sp³-hybridized carbons (Fsp3) is 0.429. The zero-order chi connectivity index (χ0) is 11.5. The van der Waals surface area contributed by atoms with Gasteiger partial charge in [-0.15, -0.1) is 0 Å². The predicted octanol–water partition coefficient (Wildman–Crippen LogP) is 3.27. The van der Waals surface area contributed by atoms with Crippen molar-refractivity contribution in [3.05, 3.63) is 35.9 Å². The van der Waals surface area contributed by atoms with E-state index in [-0.39, 0.29) is 0 Å². The Balaban J connectivity index is 2.26. The molecule has 0 fully saturated rings. The van der Waals surface area contributed by atoms with Crippen molar-refractivity contribution >= 4 is 11.4 Å². The third-order valence-electron chi connectivity index (χ3n) is 3.03. The summed E-state index contributed by atoms with van der Waals surface area (Å²) in [5, 5.41) is 3.47. The normalized spacial score (nSPS) is 18.7. The van der Waals surface area contributed by atoms with Crippen LogP contribution in [0.3, 0.4) is 0 Å². The van der Waals surface area contributed by atoms with Gasteiger partial charge in [0.1, 0.15) is 0 Å². The monoisotopic (exact) mass is 216 g/mol. The summed E-state index contributed by atoms with van der Waals surface area (Å²) >= 11 is 0. The van der Waals surface area contributed by atoms with Crippen molar-refractivity contribution in [1.29, 1.82) is 0 Å². The van der Waals surface area contributed by atoms with E-state index in [1.165, 1.54) is 16.9 Å². The number of hydrogen-bond donors (Lipinski definition) is 1. The second-order valence-corrected chi connectivity index (χ2v) is 4.68. The molecule has 1 aliphatic rings. The van der Waals surface area contributed by atoms with E-state index in [0.717, 1.165) is 13.1 Å². The van der Waals surface area contributed by atoms with Crippen LogP contribution in [0.1, 0.15) is 20.8 Å². The number of para-hydroxylation sites is 2. The van der Waals surface area contributed by atoms with Gasteiger partial charge in [0.2, 0.25) is 0 Å². The summed E-state index contributed by atoms with van der Waals surface area (Å²) in [5.74, 6) is 0. The molecule has 1 heterocycles. The number of hydrogen-bond acceptors (Lipinski definition) is 2. The van der Waals surface area contributed by atoms with Crippen molar-refractivity contribution < 1.29 is 0 Å². The molecule has 0 aromatic heterocycles. The molecular formula is C14H20N2. The van der Waals surface area contributed by atoms with Crippen LogP contribution in [0.25, 0.3) is 0 Å². The smallest absolute Gasteiger partial charge is 0.0607 e. The van der Waals surface area contributed by atoms with Crippen LogP contribution < -0.4 is 10.2 Å². The molecule has 0 amide bonds. The minimum atomic E-state index is 0.547. The van der Waals surface area contributed by atoms with E-state index in [4.69, 9.17) is 0 Å². The van der Waals surface area contributed by atoms with Gasteiger partial charge >= 0.3 is 0 Å². The van der Waals surface area contributed by atoms with Gasteiger partial charge < -0.3 is 10.2 Å². The lowest BCUT2D eigenvalue weighted by atomic mass is 10.1. The van der Waals surface area contributed by atoms with E-state index in [0.29, 0.717) is 6.04 Å². The molecule has 1 atom stereocenters. The van der Waals surface area contributed by atoms with Crippen LogP contribution in [0.4, 0.5) is 11.4 Å². The Morgan fingerprint density at radius 2 is 2.19 bits per heavy atom. The highest BCUT2D eigenvalue weighted by molar-refractivity contribution is 5.72. The van der Waals surface area contributed by atoms with Crippen LogP contribution in [0.5, 0.6) is 0 Å². The van der Waals surface area contributed by atoms with Gasteiger partial charge in [-0.2, -0.15) is 0 Å². The molecule has 2 nitrogen and oxygen atoms in total. The molecule has 1 unspecified atom stereocenters. The summed E-state index contributed by atoms with van der Waals surface area (Å²) in [5.41, 5.74) is 3.95. The van der Waals surface area contributed by atoms with E-state index in [2.05, 4.69) is 61.3 Å². The Labute approximate surface area is 98.0 Å². The van der Waals surface area contributed by atoms with Crippen molar-refractivity contribution in [3.63, 3.8) is 0 Å². The Morgan fingerprint density at radius 1 is 1.44 bits per heavy atom. The SMILES string of the molecule is CC(C)=CCN1c2ccccc2NCC1C. The zero-order valence-electron chi connectivity index (χ0n) is 10.3. The average molecular weight is 216 g/mol. The first-order valence-corrected chi connectivity index (χ1v) is 5.91. The maximum Gasteiger partial charge on any atom is 0.0607 e. The lowest BCUT2D eigenvalue weighted by Gasteiger charge is -2.37. The molecule has 86 valence electrons. The van der Waals surface area contributed by atoms with E-state index < -0.39 is 0 Å². The van der Waals surface area contributed by atoms with E-state index in [1.807, 2.05) is 0 Å². The minimum absolute atomic E-state index is 0.547. The Morgan fingerprint density at radius 3 is 2.94 bits per heavy atom. The van der Waals surface area contributed by atoms with E-state index in [9.17, 15) is 0 Å². The summed E-state index contributed by atoms with van der Waals surface area (Å²) in [6.07, 6.45) is 2.29. The number of nitrogens with zero attached hydrogens (tertiary/aromatic N) is 1. The number of fused-ring (bicyclic) bond motifs is 1. The largest absolute Gasteiger partial charge is 0.381 e. The molecule has 2 heteroatoms. The van der Waals surface area contributed by atoms with Gasteiger partial charge in [-0.25, -0.2) is 0 Å². The van der Waals surface area contributed by atoms with Crippen LogP contribution in [0.2, 0.25) is 0 Å². The quantitative estimate of drug-likeness (QED) is 0.763. The summed E-state index contributed by atoms with van der Waals surface area (Å²) in [4.78, 5) is 2.46. The highest BCUT2D eigenvalue weighted by atomic mass is 15.2. The fourth-order valence-electron chi connectivity index (χ4n) is 2.04. The molecule has 1 aromatic carbocycles. The fourth-order valence-corrected chi connectivity index (χ4v) is 2.04. The summed E-state index contributed by atoms with van der Waals surface area (Å²) in [7, 11) is 0. The third kappa shape index (κ3) is 2.21. The van der Waals surface area contributed by atoms with Gasteiger partial charge in [-0.1, -0.05) is 23.8 Å². The molecule has 0 saturated heterocycles. The lowest BCUT2D eigenvalue weighted by Crippen LogP contribution is -2.42. The summed E-state index contributed by atoms with van der Waals surface area (Å²) < 4.78 is 0. The highest BCUT2D eigenvalue weighted by Gasteiger charge is 2.20. The van der Waals surface area contributed by atoms with Crippen molar-refractivity contribution in [2.45, 2.75) is 26.8 Å². The van der Waals surface area contributed by atoms with Crippen LogP contribution in [0.15, 0.2) is 35.9 Å². The first-order valence-electron chi connectivity index (χ1n) is 5.91. The van der Waals surface area contributed by atoms with Gasteiger partial charge in [-0.3, -0.25) is 0 Å². The molecule has 2 rings (SSSR count). The standard InChI is InChI=1S/C14H20N2/c1-11(2)8-9-16-12(3)10-15-13-6-4-5-7-14(13)16/h4-8,12,15H,9-10H2,1-3H3. The average Bonchev–Trinajstić information content (AvgIpc) is 2.27. The van der Waals surface area contributed by atoms with Gasteiger partial charge in [0.25, 0.3) is 0 Å². The van der Waals surface area contributed by atoms with Gasteiger partial charge in [0, 0.05) is 19.1 Å². The maximum atomic E-state index is 3.47. The van der Waals surface area contributed by atoms with Crippen molar-refractivity contribution in [1.82, 2.24) is 0 Å². The van der Waals surface area contributed by atoms with Crippen LogP contribution >= 0.6 is 0 Å². The molecule has 0 saturated carbocycles. The molecule has 1 N–H and O–H groups in total.